The quantitative estimate of drug-likeness (QED) is 0.174. The Bertz CT molecular complexity index is 3730. The van der Waals surface area contributed by atoms with Gasteiger partial charge in [0, 0.05) is 49.3 Å². The lowest BCUT2D eigenvalue weighted by atomic mass is 9.82. The Morgan fingerprint density at radius 1 is 0.361 bits per heavy atom. The molecular weight excluding hydrogens is 747 g/mol. The average Bonchev–Trinajstić information content (AvgIpc) is 4.04. The molecule has 0 aliphatic heterocycles. The SMILES string of the molecule is CC1(C)c2ccccc2-c2ccc(N(c3ccc(-c4cccc5c4oc4ccccc45)cc3)c3cccc4oc5cc6c(cc5c34)oc3ccc(-c4ccccc4)cc36)cc21. The molecule has 0 saturated heterocycles. The Kier molecular flexibility index (Phi) is 7.04. The van der Waals surface area contributed by atoms with Gasteiger partial charge in [-0.25, -0.2) is 0 Å². The van der Waals surface area contributed by atoms with Gasteiger partial charge in [0.15, 0.2) is 0 Å². The van der Waals surface area contributed by atoms with E-state index in [9.17, 15) is 0 Å². The summed E-state index contributed by atoms with van der Waals surface area (Å²) < 4.78 is 19.8. The van der Waals surface area contributed by atoms with E-state index in [1.54, 1.807) is 0 Å². The molecule has 3 heterocycles. The van der Waals surface area contributed by atoms with Crippen LogP contribution in [-0.4, -0.2) is 0 Å². The van der Waals surface area contributed by atoms with E-state index in [2.05, 4.69) is 189 Å². The molecular formula is C57H37NO3. The van der Waals surface area contributed by atoms with Gasteiger partial charge in [-0.05, 0) is 106 Å². The predicted octanol–water partition coefficient (Wildman–Crippen LogP) is 16.5. The number of hydrogen-bond acceptors (Lipinski definition) is 4. The lowest BCUT2D eigenvalue weighted by Crippen LogP contribution is -2.16. The van der Waals surface area contributed by atoms with Crippen molar-refractivity contribution in [3.05, 3.63) is 199 Å². The van der Waals surface area contributed by atoms with Crippen LogP contribution in [0.3, 0.4) is 0 Å². The molecule has 0 fully saturated rings. The smallest absolute Gasteiger partial charge is 0.143 e. The first-order valence-electron chi connectivity index (χ1n) is 20.9. The minimum atomic E-state index is -0.162. The third kappa shape index (κ3) is 5.00. The minimum absolute atomic E-state index is 0.162. The zero-order valence-electron chi connectivity index (χ0n) is 33.6. The van der Waals surface area contributed by atoms with Gasteiger partial charge in [-0.3, -0.25) is 0 Å². The van der Waals surface area contributed by atoms with Crippen LogP contribution in [0.2, 0.25) is 0 Å². The molecule has 0 spiro atoms. The molecule has 0 bridgehead atoms. The van der Waals surface area contributed by atoms with Crippen molar-refractivity contribution in [2.45, 2.75) is 19.3 Å². The molecule has 0 saturated carbocycles. The second-order valence-electron chi connectivity index (χ2n) is 16.8. The van der Waals surface area contributed by atoms with Crippen molar-refractivity contribution < 1.29 is 13.3 Å². The van der Waals surface area contributed by atoms with E-state index in [-0.39, 0.29) is 5.41 Å². The van der Waals surface area contributed by atoms with E-state index in [0.29, 0.717) is 0 Å². The van der Waals surface area contributed by atoms with E-state index >= 15 is 0 Å². The number of anilines is 3. The summed E-state index contributed by atoms with van der Waals surface area (Å²) in [5.74, 6) is 0. The van der Waals surface area contributed by atoms with Crippen LogP contribution in [0, 0.1) is 0 Å². The summed E-state index contributed by atoms with van der Waals surface area (Å²) in [6.07, 6.45) is 0. The van der Waals surface area contributed by atoms with E-state index < -0.39 is 0 Å². The van der Waals surface area contributed by atoms with Crippen LogP contribution >= 0.6 is 0 Å². The van der Waals surface area contributed by atoms with Gasteiger partial charge >= 0.3 is 0 Å². The van der Waals surface area contributed by atoms with Gasteiger partial charge in [0.05, 0.1) is 11.1 Å². The highest BCUT2D eigenvalue weighted by Gasteiger charge is 2.36. The summed E-state index contributed by atoms with van der Waals surface area (Å²) >= 11 is 0. The Hall–Kier alpha value is -7.82. The van der Waals surface area contributed by atoms with Crippen LogP contribution in [0.15, 0.2) is 201 Å². The molecule has 0 N–H and O–H groups in total. The Balaban J connectivity index is 1.01. The predicted molar refractivity (Wildman–Crippen MR) is 251 cm³/mol. The van der Waals surface area contributed by atoms with Crippen LogP contribution in [0.25, 0.3) is 99.2 Å². The number of hydrogen-bond donors (Lipinski definition) is 0. The molecule has 13 rings (SSSR count). The maximum atomic E-state index is 6.77. The van der Waals surface area contributed by atoms with Gasteiger partial charge in [-0.1, -0.05) is 135 Å². The molecule has 1 aliphatic carbocycles. The molecule has 288 valence electrons. The van der Waals surface area contributed by atoms with Gasteiger partial charge in [0.25, 0.3) is 0 Å². The molecule has 0 atom stereocenters. The normalized spacial score (nSPS) is 13.2. The van der Waals surface area contributed by atoms with Gasteiger partial charge in [-0.15, -0.1) is 0 Å². The summed E-state index contributed by atoms with van der Waals surface area (Å²) in [6.45, 7) is 4.68. The van der Waals surface area contributed by atoms with E-state index in [0.717, 1.165) is 99.6 Å². The molecule has 1 aliphatic rings. The zero-order valence-corrected chi connectivity index (χ0v) is 33.6. The maximum absolute atomic E-state index is 6.77. The summed E-state index contributed by atoms with van der Waals surface area (Å²) in [5.41, 5.74) is 17.8. The molecule has 12 aromatic rings. The standard InChI is InChI=1S/C57H37NO3/c1-57(2)47-18-8-6-14-40(47)41-28-27-38(31-48(41)57)58(37-25-22-35(23-26-37)39-16-10-17-43-42-15-7-9-20-50(42)61-56(39)43)49-19-11-21-52-55(49)46-33-53-45(32-54(46)60-52)44-30-36(24-29-51(44)59-53)34-12-4-3-5-13-34/h3-33H,1-2H3. The van der Waals surface area contributed by atoms with Crippen LogP contribution in [-0.2, 0) is 5.41 Å². The van der Waals surface area contributed by atoms with Crippen LogP contribution in [0.1, 0.15) is 25.0 Å². The van der Waals surface area contributed by atoms with Gasteiger partial charge < -0.3 is 18.2 Å². The summed E-state index contributed by atoms with van der Waals surface area (Å²) in [6, 6.07) is 67.0. The molecule has 9 aromatic carbocycles. The molecule has 0 unspecified atom stereocenters. The highest BCUT2D eigenvalue weighted by atomic mass is 16.3. The molecule has 0 radical (unpaired) electrons. The number of rotatable bonds is 5. The Morgan fingerprint density at radius 3 is 1.90 bits per heavy atom. The van der Waals surface area contributed by atoms with Crippen molar-refractivity contribution in [1.29, 1.82) is 0 Å². The van der Waals surface area contributed by atoms with Crippen molar-refractivity contribution in [1.82, 2.24) is 0 Å². The number of benzene rings is 9. The molecule has 4 heteroatoms. The van der Waals surface area contributed by atoms with Gasteiger partial charge in [-0.2, -0.15) is 0 Å². The van der Waals surface area contributed by atoms with E-state index in [1.807, 2.05) is 18.2 Å². The first-order chi connectivity index (χ1) is 30.0. The third-order valence-corrected chi connectivity index (χ3v) is 13.1. The lowest BCUT2D eigenvalue weighted by molar-refractivity contribution is 0.660. The summed E-state index contributed by atoms with van der Waals surface area (Å²) in [7, 11) is 0. The van der Waals surface area contributed by atoms with Gasteiger partial charge in [0.2, 0.25) is 0 Å². The summed E-state index contributed by atoms with van der Waals surface area (Å²) in [5, 5.41) is 6.39. The molecule has 3 aromatic heterocycles. The van der Waals surface area contributed by atoms with Crippen molar-refractivity contribution in [2.75, 3.05) is 4.90 Å². The molecule has 4 nitrogen and oxygen atoms in total. The van der Waals surface area contributed by atoms with Crippen molar-refractivity contribution in [2.24, 2.45) is 0 Å². The lowest BCUT2D eigenvalue weighted by Gasteiger charge is -2.28. The fraction of sp³-hybridized carbons (Fsp3) is 0.0526. The second-order valence-corrected chi connectivity index (χ2v) is 16.8. The number of furan rings is 3. The molecule has 61 heavy (non-hydrogen) atoms. The molecule has 0 amide bonds. The van der Waals surface area contributed by atoms with Crippen molar-refractivity contribution >= 4 is 82.9 Å². The monoisotopic (exact) mass is 783 g/mol. The number of para-hydroxylation sites is 2. The van der Waals surface area contributed by atoms with Crippen molar-refractivity contribution in [3.63, 3.8) is 0 Å². The summed E-state index contributed by atoms with van der Waals surface area (Å²) in [4.78, 5) is 2.39. The first kappa shape index (κ1) is 34.1. The van der Waals surface area contributed by atoms with Crippen LogP contribution in [0.4, 0.5) is 17.1 Å². The van der Waals surface area contributed by atoms with E-state index in [1.165, 1.54) is 27.8 Å². The zero-order chi connectivity index (χ0) is 40.4. The number of fused-ring (bicyclic) bond motifs is 12. The Morgan fingerprint density at radius 2 is 1.00 bits per heavy atom. The minimum Gasteiger partial charge on any atom is -0.456 e. The topological polar surface area (TPSA) is 42.7 Å². The highest BCUT2D eigenvalue weighted by Crippen LogP contribution is 2.52. The second kappa shape index (κ2) is 12.6. The third-order valence-electron chi connectivity index (χ3n) is 13.1. The maximum Gasteiger partial charge on any atom is 0.143 e. The van der Waals surface area contributed by atoms with Gasteiger partial charge in [0.1, 0.15) is 33.5 Å². The Labute approximate surface area is 351 Å². The van der Waals surface area contributed by atoms with Crippen LogP contribution in [0.5, 0.6) is 0 Å². The highest BCUT2D eigenvalue weighted by molar-refractivity contribution is 6.19. The average molecular weight is 784 g/mol. The van der Waals surface area contributed by atoms with E-state index in [4.69, 9.17) is 13.3 Å². The largest absolute Gasteiger partial charge is 0.456 e. The fourth-order valence-electron chi connectivity index (χ4n) is 10.1. The first-order valence-corrected chi connectivity index (χ1v) is 20.9. The van der Waals surface area contributed by atoms with Crippen molar-refractivity contribution in [3.8, 4) is 33.4 Å². The fourth-order valence-corrected chi connectivity index (χ4v) is 10.1. The number of nitrogens with zero attached hydrogens (tertiary/aromatic N) is 1. The van der Waals surface area contributed by atoms with Crippen LogP contribution < -0.4 is 4.90 Å².